The van der Waals surface area contributed by atoms with Crippen molar-refractivity contribution in [2.24, 2.45) is 0 Å². The molecule has 0 N–H and O–H groups in total. The van der Waals surface area contributed by atoms with Crippen LogP contribution in [0.5, 0.6) is 0 Å². The number of carbonyl (C=O) groups excluding carboxylic acids is 1. The van der Waals surface area contributed by atoms with E-state index in [-0.39, 0.29) is 12.1 Å². The Morgan fingerprint density at radius 2 is 1.83 bits per heavy atom. The molecule has 0 aliphatic heterocycles. The first kappa shape index (κ1) is 15.2. The van der Waals surface area contributed by atoms with Gasteiger partial charge in [-0.15, -0.1) is 6.42 Å². The molecule has 88 valence electrons. The van der Waals surface area contributed by atoms with Gasteiger partial charge < -0.3 is 4.74 Å². The average Bonchev–Trinajstić information content (AvgIpc) is 2.30. The topological polar surface area (TPSA) is 26.3 Å². The number of rotatable bonds is 3. The largest absolute Gasteiger partial charge is 0.459 e. The smallest absolute Gasteiger partial charge is 0.303 e. The van der Waals surface area contributed by atoms with E-state index < -0.39 is 0 Å². The van der Waals surface area contributed by atoms with E-state index in [1.54, 1.807) is 31.2 Å². The Kier molecular flexibility index (Phi) is 9.03. The maximum absolute atomic E-state index is 10.6. The number of allylic oxidation sites excluding steroid dienone is 3. The normalized spacial score (nSPS) is 10.1. The summed E-state index contributed by atoms with van der Waals surface area (Å²) < 4.78 is 4.88. The highest BCUT2D eigenvalue weighted by molar-refractivity contribution is 5.66. The second-order valence-electron chi connectivity index (χ2n) is 2.97. The van der Waals surface area contributed by atoms with Crippen LogP contribution in [0.1, 0.15) is 13.8 Å². The molecule has 0 bridgehead atoms. The molecule has 1 atom stereocenters. The van der Waals surface area contributed by atoms with Crippen molar-refractivity contribution in [3.63, 3.8) is 0 Å². The van der Waals surface area contributed by atoms with E-state index >= 15 is 0 Å². The molecule has 0 saturated carbocycles. The number of carbonyl (C=O) groups is 1. The monoisotopic (exact) mass is 236 g/mol. The Balaban J connectivity index is 4.08. The lowest BCUT2D eigenvalue weighted by Gasteiger charge is -2.04. The van der Waals surface area contributed by atoms with Crippen molar-refractivity contribution in [1.82, 2.24) is 0 Å². The first-order valence-electron chi connectivity index (χ1n) is 5.13. The lowest BCUT2D eigenvalue weighted by atomic mass is 10.3. The zero-order valence-corrected chi connectivity index (χ0v) is 10.3. The maximum Gasteiger partial charge on any atom is 0.303 e. The molecule has 18 heavy (non-hydrogen) atoms. The molecule has 2 nitrogen and oxygen atoms in total. The molecule has 0 rings (SSSR count). The van der Waals surface area contributed by atoms with Gasteiger partial charge in [-0.1, -0.05) is 18.1 Å². The number of ether oxygens (including phenoxy) is 1. The summed E-state index contributed by atoms with van der Waals surface area (Å²) in [6, 6.07) is 0. The third kappa shape index (κ3) is 11.3. The van der Waals surface area contributed by atoms with Crippen molar-refractivity contribution in [2.75, 3.05) is 0 Å². The molecule has 0 fully saturated rings. The second-order valence-corrected chi connectivity index (χ2v) is 2.97. The van der Waals surface area contributed by atoms with Crippen LogP contribution in [0, 0.1) is 47.9 Å². The van der Waals surface area contributed by atoms with Gasteiger partial charge in [-0.05, 0) is 54.6 Å². The van der Waals surface area contributed by atoms with Gasteiger partial charge in [0.05, 0.1) is 0 Å². The van der Waals surface area contributed by atoms with Crippen molar-refractivity contribution >= 4 is 5.97 Å². The quantitative estimate of drug-likeness (QED) is 0.423. The molecular weight excluding hydrogens is 224 g/mol. The van der Waals surface area contributed by atoms with Gasteiger partial charge in [-0.25, -0.2) is 0 Å². The standard InChI is InChI=1S/C16H12O2/c1-4-5-6-7-8-9-10-11-12-13-14-15(2)18-16(3)17/h1,11-15H,2-3H3/b12-11-,14-13+/t15-/m1/s1. The number of hydrogen-bond acceptors (Lipinski definition) is 2. The Morgan fingerprint density at radius 3 is 2.50 bits per heavy atom. The minimum Gasteiger partial charge on any atom is -0.459 e. The van der Waals surface area contributed by atoms with Crippen LogP contribution < -0.4 is 0 Å². The van der Waals surface area contributed by atoms with E-state index in [4.69, 9.17) is 11.2 Å². The minimum atomic E-state index is -0.306. The minimum absolute atomic E-state index is 0.251. The molecule has 2 heteroatoms. The summed E-state index contributed by atoms with van der Waals surface area (Å²) in [5.41, 5.74) is 0. The summed E-state index contributed by atoms with van der Waals surface area (Å²) in [4.78, 5) is 10.6. The molecule has 0 aliphatic rings. The number of hydrogen-bond donors (Lipinski definition) is 0. The van der Waals surface area contributed by atoms with Gasteiger partial charge in [0.25, 0.3) is 0 Å². The first-order chi connectivity index (χ1) is 8.66. The van der Waals surface area contributed by atoms with Crippen LogP contribution in [0.4, 0.5) is 0 Å². The number of terminal acetylenes is 1. The van der Waals surface area contributed by atoms with E-state index in [0.29, 0.717) is 0 Å². The summed E-state index contributed by atoms with van der Waals surface area (Å²) in [5, 5.41) is 0. The van der Waals surface area contributed by atoms with Crippen molar-refractivity contribution in [2.45, 2.75) is 20.0 Å². The van der Waals surface area contributed by atoms with Gasteiger partial charge in [0.1, 0.15) is 6.10 Å². The van der Waals surface area contributed by atoms with Gasteiger partial charge in [0, 0.05) is 6.92 Å². The van der Waals surface area contributed by atoms with Crippen LogP contribution in [-0.2, 0) is 9.53 Å². The van der Waals surface area contributed by atoms with Crippen LogP contribution >= 0.6 is 0 Å². The fraction of sp³-hybridized carbons (Fsp3) is 0.188. The zero-order valence-electron chi connectivity index (χ0n) is 10.3. The SMILES string of the molecule is C#CC#CC#CC#C/C=C\C=C\[C@@H](C)OC(C)=O. The van der Waals surface area contributed by atoms with E-state index in [2.05, 4.69) is 41.4 Å². The van der Waals surface area contributed by atoms with Crippen LogP contribution in [0.3, 0.4) is 0 Å². The molecule has 0 saturated heterocycles. The molecule has 0 radical (unpaired) electrons. The second kappa shape index (κ2) is 10.7. The van der Waals surface area contributed by atoms with Crippen molar-refractivity contribution in [1.29, 1.82) is 0 Å². The Labute approximate surface area is 108 Å². The molecule has 0 amide bonds. The zero-order chi connectivity index (χ0) is 13.6. The van der Waals surface area contributed by atoms with Crippen LogP contribution in [-0.4, -0.2) is 12.1 Å². The van der Waals surface area contributed by atoms with Gasteiger partial charge in [-0.3, -0.25) is 4.79 Å². The third-order valence-corrected chi connectivity index (χ3v) is 1.42. The molecule has 0 spiro atoms. The summed E-state index contributed by atoms with van der Waals surface area (Å²) in [6.45, 7) is 3.14. The van der Waals surface area contributed by atoms with Crippen LogP contribution in [0.2, 0.25) is 0 Å². The van der Waals surface area contributed by atoms with Gasteiger partial charge in [-0.2, -0.15) is 0 Å². The molecule has 0 unspecified atom stereocenters. The van der Waals surface area contributed by atoms with Crippen molar-refractivity contribution < 1.29 is 9.53 Å². The van der Waals surface area contributed by atoms with Crippen LogP contribution in [0.15, 0.2) is 24.3 Å². The Hall–Kier alpha value is -2.81. The number of esters is 1. The Morgan fingerprint density at radius 1 is 1.17 bits per heavy atom. The first-order valence-corrected chi connectivity index (χ1v) is 5.13. The highest BCUT2D eigenvalue weighted by Crippen LogP contribution is 1.93. The highest BCUT2D eigenvalue weighted by atomic mass is 16.5. The summed E-state index contributed by atoms with van der Waals surface area (Å²) in [6.07, 6.45) is 11.5. The van der Waals surface area contributed by atoms with Crippen molar-refractivity contribution in [3.05, 3.63) is 24.3 Å². The summed E-state index contributed by atoms with van der Waals surface area (Å²) >= 11 is 0. The predicted octanol–water partition coefficient (Wildman–Crippen LogP) is 1.69. The van der Waals surface area contributed by atoms with Crippen molar-refractivity contribution in [3.8, 4) is 47.9 Å². The van der Waals surface area contributed by atoms with E-state index in [9.17, 15) is 4.79 Å². The van der Waals surface area contributed by atoms with E-state index in [1.165, 1.54) is 6.92 Å². The van der Waals surface area contributed by atoms with Gasteiger partial charge in [0.15, 0.2) is 0 Å². The fourth-order valence-electron chi connectivity index (χ4n) is 0.833. The highest BCUT2D eigenvalue weighted by Gasteiger charge is 1.97. The molecule has 0 aliphatic carbocycles. The molecule has 0 aromatic carbocycles. The van der Waals surface area contributed by atoms with Gasteiger partial charge >= 0.3 is 5.97 Å². The molecule has 0 aromatic rings. The van der Waals surface area contributed by atoms with Crippen LogP contribution in [0.25, 0.3) is 0 Å². The summed E-state index contributed by atoms with van der Waals surface area (Å²) in [7, 11) is 0. The van der Waals surface area contributed by atoms with E-state index in [1.807, 2.05) is 0 Å². The molecular formula is C16H12O2. The Bertz CT molecular complexity index is 552. The third-order valence-electron chi connectivity index (χ3n) is 1.42. The van der Waals surface area contributed by atoms with Gasteiger partial charge in [0.2, 0.25) is 0 Å². The van der Waals surface area contributed by atoms with E-state index in [0.717, 1.165) is 0 Å². The maximum atomic E-state index is 10.6. The fourth-order valence-corrected chi connectivity index (χ4v) is 0.833. The average molecular weight is 236 g/mol. The lowest BCUT2D eigenvalue weighted by molar-refractivity contribution is -0.143. The molecule has 0 heterocycles. The summed E-state index contributed by atoms with van der Waals surface area (Å²) in [5.74, 6) is 16.9. The molecule has 0 aromatic heterocycles. The predicted molar refractivity (Wildman–Crippen MR) is 71.7 cm³/mol. The lowest BCUT2D eigenvalue weighted by Crippen LogP contribution is -2.08.